The maximum absolute atomic E-state index is 10.9. The second-order valence-electron chi connectivity index (χ2n) is 4.10. The number of nitrogens with zero attached hydrogens (tertiary/aromatic N) is 4. The Morgan fingerprint density at radius 2 is 2.06 bits per heavy atom. The molecule has 0 aliphatic carbocycles. The van der Waals surface area contributed by atoms with E-state index >= 15 is 0 Å². The zero-order chi connectivity index (χ0) is 13.4. The van der Waals surface area contributed by atoms with Crippen molar-refractivity contribution in [1.82, 2.24) is 19.6 Å². The summed E-state index contributed by atoms with van der Waals surface area (Å²) in [5.74, 6) is -0.959. The van der Waals surface area contributed by atoms with Crippen molar-refractivity contribution in [3.05, 3.63) is 33.3 Å². The van der Waals surface area contributed by atoms with E-state index in [1.165, 1.54) is 6.20 Å². The number of carboxylic acid groups (broad SMARTS) is 1. The van der Waals surface area contributed by atoms with Crippen molar-refractivity contribution in [2.75, 3.05) is 0 Å². The molecule has 0 saturated carbocycles. The summed E-state index contributed by atoms with van der Waals surface area (Å²) in [5, 5.41) is 17.5. The monoisotopic (exact) mass is 312 g/mol. The predicted molar refractivity (Wildman–Crippen MR) is 68.7 cm³/mol. The zero-order valence-corrected chi connectivity index (χ0v) is 11.9. The summed E-state index contributed by atoms with van der Waals surface area (Å²) < 4.78 is 4.30. The molecular weight excluding hydrogens is 300 g/mol. The molecule has 0 bridgehead atoms. The van der Waals surface area contributed by atoms with Gasteiger partial charge >= 0.3 is 5.97 Å². The van der Waals surface area contributed by atoms with Crippen LogP contribution in [0.15, 0.2) is 10.7 Å². The highest BCUT2D eigenvalue weighted by atomic mass is 79.9. The third-order valence-electron chi connectivity index (χ3n) is 2.75. The minimum Gasteiger partial charge on any atom is -0.478 e. The number of hydrogen-bond donors (Lipinski definition) is 1. The smallest absolute Gasteiger partial charge is 0.339 e. The summed E-state index contributed by atoms with van der Waals surface area (Å²) in [5.41, 5.74) is 2.59. The van der Waals surface area contributed by atoms with E-state index in [0.717, 1.165) is 15.9 Å². The number of aryl methyl sites for hydroxylation is 3. The Hall–Kier alpha value is -1.63. The second-order valence-corrected chi connectivity index (χ2v) is 4.89. The van der Waals surface area contributed by atoms with Crippen LogP contribution in [0.5, 0.6) is 0 Å². The minimum atomic E-state index is -0.959. The SMILES string of the molecule is Cc1nn(Cc2c(Br)c(C)nn2C)cc1C(=O)O. The Balaban J connectivity index is 2.34. The van der Waals surface area contributed by atoms with Crippen LogP contribution in [-0.4, -0.2) is 30.6 Å². The van der Waals surface area contributed by atoms with Crippen LogP contribution in [-0.2, 0) is 13.6 Å². The number of hydrogen-bond acceptors (Lipinski definition) is 3. The Morgan fingerprint density at radius 1 is 1.39 bits per heavy atom. The van der Waals surface area contributed by atoms with Crippen LogP contribution in [0.3, 0.4) is 0 Å². The molecule has 0 saturated heterocycles. The summed E-state index contributed by atoms with van der Waals surface area (Å²) in [7, 11) is 1.85. The lowest BCUT2D eigenvalue weighted by atomic mass is 10.3. The van der Waals surface area contributed by atoms with Crippen molar-refractivity contribution < 1.29 is 9.90 Å². The largest absolute Gasteiger partial charge is 0.478 e. The van der Waals surface area contributed by atoms with E-state index in [2.05, 4.69) is 26.1 Å². The standard InChI is InChI=1S/C11H13BrN4O2/c1-6-8(11(17)18)4-16(14-6)5-9-10(12)7(2)13-15(9)3/h4H,5H2,1-3H3,(H,17,18). The molecule has 0 fully saturated rings. The number of rotatable bonds is 3. The van der Waals surface area contributed by atoms with Gasteiger partial charge in [-0.15, -0.1) is 0 Å². The van der Waals surface area contributed by atoms with Crippen molar-refractivity contribution in [3.8, 4) is 0 Å². The fourth-order valence-electron chi connectivity index (χ4n) is 1.81. The fraction of sp³-hybridized carbons (Fsp3) is 0.364. The van der Waals surface area contributed by atoms with Gasteiger partial charge in [-0.2, -0.15) is 10.2 Å². The van der Waals surface area contributed by atoms with E-state index < -0.39 is 5.97 Å². The van der Waals surface area contributed by atoms with Crippen molar-refractivity contribution in [1.29, 1.82) is 0 Å². The molecule has 0 spiro atoms. The summed E-state index contributed by atoms with van der Waals surface area (Å²) in [6, 6.07) is 0. The minimum absolute atomic E-state index is 0.227. The van der Waals surface area contributed by atoms with Gasteiger partial charge in [0, 0.05) is 13.2 Å². The normalized spacial score (nSPS) is 10.9. The first-order chi connectivity index (χ1) is 8.40. The van der Waals surface area contributed by atoms with E-state index in [-0.39, 0.29) is 5.56 Å². The molecule has 0 amide bonds. The van der Waals surface area contributed by atoms with Crippen LogP contribution in [0.4, 0.5) is 0 Å². The number of halogens is 1. The number of carbonyl (C=O) groups is 1. The lowest BCUT2D eigenvalue weighted by molar-refractivity contribution is 0.0696. The lowest BCUT2D eigenvalue weighted by Gasteiger charge is -2.03. The Morgan fingerprint density at radius 3 is 2.50 bits per heavy atom. The lowest BCUT2D eigenvalue weighted by Crippen LogP contribution is -2.06. The molecule has 2 rings (SSSR count). The van der Waals surface area contributed by atoms with E-state index in [4.69, 9.17) is 5.11 Å². The number of carboxylic acids is 1. The number of aromatic carboxylic acids is 1. The van der Waals surface area contributed by atoms with Gasteiger partial charge in [-0.25, -0.2) is 4.79 Å². The van der Waals surface area contributed by atoms with E-state index in [0.29, 0.717) is 12.2 Å². The van der Waals surface area contributed by atoms with Gasteiger partial charge in [0.15, 0.2) is 0 Å². The predicted octanol–water partition coefficient (Wildman–Crippen LogP) is 1.74. The summed E-state index contributed by atoms with van der Waals surface area (Å²) >= 11 is 3.47. The summed E-state index contributed by atoms with van der Waals surface area (Å²) in [6.45, 7) is 4.07. The molecular formula is C11H13BrN4O2. The average molecular weight is 313 g/mol. The van der Waals surface area contributed by atoms with E-state index in [9.17, 15) is 4.79 Å². The molecule has 0 aliphatic heterocycles. The Kier molecular flexibility index (Phi) is 3.25. The van der Waals surface area contributed by atoms with Crippen molar-refractivity contribution >= 4 is 21.9 Å². The van der Waals surface area contributed by atoms with Crippen molar-refractivity contribution in [2.24, 2.45) is 7.05 Å². The molecule has 1 N–H and O–H groups in total. The van der Waals surface area contributed by atoms with Crippen LogP contribution in [0.25, 0.3) is 0 Å². The van der Waals surface area contributed by atoms with Crippen LogP contribution >= 0.6 is 15.9 Å². The van der Waals surface area contributed by atoms with Gasteiger partial charge < -0.3 is 5.11 Å². The second kappa shape index (κ2) is 4.56. The third kappa shape index (κ3) is 2.17. The molecule has 96 valence electrons. The summed E-state index contributed by atoms with van der Waals surface area (Å²) in [6.07, 6.45) is 1.53. The Bertz CT molecular complexity index is 615. The highest BCUT2D eigenvalue weighted by Crippen LogP contribution is 2.21. The molecule has 18 heavy (non-hydrogen) atoms. The molecule has 6 nitrogen and oxygen atoms in total. The highest BCUT2D eigenvalue weighted by molar-refractivity contribution is 9.10. The Labute approximate surface area is 112 Å². The van der Waals surface area contributed by atoms with Crippen molar-refractivity contribution in [3.63, 3.8) is 0 Å². The van der Waals surface area contributed by atoms with Crippen LogP contribution in [0.2, 0.25) is 0 Å². The molecule has 0 radical (unpaired) electrons. The first kappa shape index (κ1) is 12.8. The molecule has 7 heteroatoms. The average Bonchev–Trinajstić information content (AvgIpc) is 2.75. The molecule has 2 heterocycles. The zero-order valence-electron chi connectivity index (χ0n) is 10.3. The highest BCUT2D eigenvalue weighted by Gasteiger charge is 2.15. The van der Waals surface area contributed by atoms with Crippen LogP contribution < -0.4 is 0 Å². The third-order valence-corrected chi connectivity index (χ3v) is 3.78. The van der Waals surface area contributed by atoms with Crippen LogP contribution in [0.1, 0.15) is 27.4 Å². The van der Waals surface area contributed by atoms with Gasteiger partial charge in [0.2, 0.25) is 0 Å². The first-order valence-electron chi connectivity index (χ1n) is 5.35. The quantitative estimate of drug-likeness (QED) is 0.937. The maximum Gasteiger partial charge on any atom is 0.339 e. The van der Waals surface area contributed by atoms with Crippen molar-refractivity contribution in [2.45, 2.75) is 20.4 Å². The van der Waals surface area contributed by atoms with Gasteiger partial charge in [0.25, 0.3) is 0 Å². The summed E-state index contributed by atoms with van der Waals surface area (Å²) in [4.78, 5) is 10.9. The maximum atomic E-state index is 10.9. The first-order valence-corrected chi connectivity index (χ1v) is 6.14. The molecule has 0 aliphatic rings. The molecule has 0 aromatic carbocycles. The van der Waals surface area contributed by atoms with E-state index in [1.54, 1.807) is 16.3 Å². The molecule has 0 atom stereocenters. The topological polar surface area (TPSA) is 72.9 Å². The van der Waals surface area contributed by atoms with Gasteiger partial charge in [0.1, 0.15) is 5.56 Å². The number of aromatic nitrogens is 4. The van der Waals surface area contributed by atoms with Crippen LogP contribution in [0, 0.1) is 13.8 Å². The molecule has 2 aromatic heterocycles. The van der Waals surface area contributed by atoms with Gasteiger partial charge in [-0.05, 0) is 29.8 Å². The van der Waals surface area contributed by atoms with Gasteiger partial charge in [-0.1, -0.05) is 0 Å². The van der Waals surface area contributed by atoms with Gasteiger partial charge in [-0.3, -0.25) is 9.36 Å². The van der Waals surface area contributed by atoms with Gasteiger partial charge in [0.05, 0.1) is 28.1 Å². The van der Waals surface area contributed by atoms with E-state index in [1.807, 2.05) is 14.0 Å². The fourth-order valence-corrected chi connectivity index (χ4v) is 2.28. The molecule has 2 aromatic rings. The molecule has 0 unspecified atom stereocenters.